The number of hydrogen-bond donors (Lipinski definition) is 0. The fourth-order valence-corrected chi connectivity index (χ4v) is 5.03. The van der Waals surface area contributed by atoms with E-state index in [4.69, 9.17) is 19.6 Å². The van der Waals surface area contributed by atoms with Gasteiger partial charge in [0.15, 0.2) is 17.2 Å². The Morgan fingerprint density at radius 3 is 2.46 bits per heavy atom. The summed E-state index contributed by atoms with van der Waals surface area (Å²) in [6.07, 6.45) is 1.75. The molecule has 0 unspecified atom stereocenters. The van der Waals surface area contributed by atoms with Gasteiger partial charge in [-0.1, -0.05) is 48.5 Å². The number of rotatable bonds is 5. The molecule has 0 bridgehead atoms. The zero-order chi connectivity index (χ0) is 25.4. The monoisotopic (exact) mass is 509 g/mol. The Morgan fingerprint density at radius 1 is 0.946 bits per heavy atom. The van der Waals surface area contributed by atoms with Crippen molar-refractivity contribution in [1.82, 2.24) is 14.0 Å². The molecule has 0 spiro atoms. The van der Waals surface area contributed by atoms with E-state index in [2.05, 4.69) is 0 Å². The highest BCUT2D eigenvalue weighted by molar-refractivity contribution is 7.07. The summed E-state index contributed by atoms with van der Waals surface area (Å²) in [6.45, 7) is 2.11. The van der Waals surface area contributed by atoms with E-state index in [0.29, 0.717) is 16.2 Å². The van der Waals surface area contributed by atoms with Crippen LogP contribution >= 0.6 is 11.3 Å². The fourth-order valence-electron chi connectivity index (χ4n) is 4.19. The van der Waals surface area contributed by atoms with Crippen molar-refractivity contribution < 1.29 is 9.47 Å². The maximum Gasteiger partial charge on any atom is 0.297 e. The summed E-state index contributed by atoms with van der Waals surface area (Å²) in [6, 6.07) is 25.2. The van der Waals surface area contributed by atoms with Crippen LogP contribution in [0.5, 0.6) is 11.5 Å². The molecule has 37 heavy (non-hydrogen) atoms. The molecule has 2 aromatic heterocycles. The first kappa shape index (κ1) is 22.8. The zero-order valence-electron chi connectivity index (χ0n) is 20.2. The highest BCUT2D eigenvalue weighted by Crippen LogP contribution is 2.32. The molecule has 6 rings (SSSR count). The Labute approximate surface area is 216 Å². The maximum atomic E-state index is 13.5. The van der Waals surface area contributed by atoms with Crippen molar-refractivity contribution in [3.05, 3.63) is 111 Å². The van der Waals surface area contributed by atoms with Gasteiger partial charge in [0.05, 0.1) is 23.3 Å². The van der Waals surface area contributed by atoms with E-state index >= 15 is 0 Å². The van der Waals surface area contributed by atoms with Gasteiger partial charge in [0.1, 0.15) is 0 Å². The van der Waals surface area contributed by atoms with Crippen molar-refractivity contribution in [2.24, 2.45) is 17.1 Å². The van der Waals surface area contributed by atoms with E-state index in [1.54, 1.807) is 15.6 Å². The van der Waals surface area contributed by atoms with Crippen molar-refractivity contribution in [3.63, 3.8) is 0 Å². The molecule has 0 aliphatic carbocycles. The largest absolute Gasteiger partial charge is 0.454 e. The lowest BCUT2D eigenvalue weighted by Crippen LogP contribution is -2.19. The molecule has 0 atom stereocenters. The van der Waals surface area contributed by atoms with Crippen LogP contribution in [0, 0.1) is 6.92 Å². The minimum absolute atomic E-state index is 0.188. The Hall–Kier alpha value is -4.63. The van der Waals surface area contributed by atoms with Crippen molar-refractivity contribution in [2.75, 3.05) is 6.79 Å². The number of ether oxygens (including phenoxy) is 2. The van der Waals surface area contributed by atoms with Crippen LogP contribution in [-0.4, -0.2) is 27.0 Å². The Morgan fingerprint density at radius 2 is 1.68 bits per heavy atom. The summed E-state index contributed by atoms with van der Waals surface area (Å²) in [7, 11) is 1.86. The second-order valence-electron chi connectivity index (χ2n) is 8.46. The fraction of sp³-hybridized carbons (Fsp3) is 0.107. The van der Waals surface area contributed by atoms with Gasteiger partial charge in [0.25, 0.3) is 5.56 Å². The van der Waals surface area contributed by atoms with Crippen LogP contribution < -0.4 is 19.8 Å². The molecule has 1 aliphatic heterocycles. The van der Waals surface area contributed by atoms with Crippen LogP contribution in [0.4, 0.5) is 5.69 Å². The third kappa shape index (κ3) is 4.19. The molecule has 184 valence electrons. The van der Waals surface area contributed by atoms with E-state index in [1.807, 2.05) is 103 Å². The predicted molar refractivity (Wildman–Crippen MR) is 144 cm³/mol. The normalized spacial score (nSPS) is 13.1. The van der Waals surface area contributed by atoms with Gasteiger partial charge in [0.2, 0.25) is 11.6 Å². The highest BCUT2D eigenvalue weighted by Gasteiger charge is 2.17. The molecule has 3 aromatic carbocycles. The molecular weight excluding hydrogens is 486 g/mol. The lowest BCUT2D eigenvalue weighted by Gasteiger charge is -2.07. The second kappa shape index (κ2) is 9.44. The molecule has 9 heteroatoms. The van der Waals surface area contributed by atoms with Crippen molar-refractivity contribution in [3.8, 4) is 28.4 Å². The quantitative estimate of drug-likeness (QED) is 0.318. The van der Waals surface area contributed by atoms with Gasteiger partial charge in [-0.05, 0) is 42.8 Å². The van der Waals surface area contributed by atoms with Crippen LogP contribution in [0.2, 0.25) is 0 Å². The molecule has 3 heterocycles. The van der Waals surface area contributed by atoms with Crippen LogP contribution in [0.1, 0.15) is 11.3 Å². The van der Waals surface area contributed by atoms with Gasteiger partial charge in [0, 0.05) is 18.0 Å². The van der Waals surface area contributed by atoms with E-state index in [9.17, 15) is 4.79 Å². The summed E-state index contributed by atoms with van der Waals surface area (Å²) >= 11 is 1.43. The minimum atomic E-state index is -0.188. The molecule has 0 radical (unpaired) electrons. The number of hydrogen-bond acceptors (Lipinski definition) is 6. The van der Waals surface area contributed by atoms with E-state index in [0.717, 1.165) is 34.0 Å². The number of aromatic nitrogens is 3. The smallest absolute Gasteiger partial charge is 0.297 e. The van der Waals surface area contributed by atoms with Gasteiger partial charge in [-0.3, -0.25) is 9.48 Å². The van der Waals surface area contributed by atoms with Gasteiger partial charge >= 0.3 is 0 Å². The lowest BCUT2D eigenvalue weighted by molar-refractivity contribution is 0.174. The highest BCUT2D eigenvalue weighted by atomic mass is 32.1. The van der Waals surface area contributed by atoms with E-state index in [1.165, 1.54) is 11.3 Å². The van der Waals surface area contributed by atoms with Crippen molar-refractivity contribution >= 4 is 23.2 Å². The number of benzene rings is 3. The second-order valence-corrected chi connectivity index (χ2v) is 9.30. The third-order valence-electron chi connectivity index (χ3n) is 6.21. The first-order valence-corrected chi connectivity index (χ1v) is 12.6. The Kier molecular flexibility index (Phi) is 5.82. The number of para-hydroxylation sites is 1. The summed E-state index contributed by atoms with van der Waals surface area (Å²) in [5.74, 6) is 1.41. The summed E-state index contributed by atoms with van der Waals surface area (Å²) in [5.41, 5.74) is 4.45. The summed E-state index contributed by atoms with van der Waals surface area (Å²) in [5, 5.41) is 6.78. The van der Waals surface area contributed by atoms with E-state index < -0.39 is 0 Å². The molecule has 1 aliphatic rings. The van der Waals surface area contributed by atoms with Crippen molar-refractivity contribution in [2.45, 2.75) is 6.92 Å². The van der Waals surface area contributed by atoms with Gasteiger partial charge in [-0.15, -0.1) is 11.3 Å². The summed E-state index contributed by atoms with van der Waals surface area (Å²) in [4.78, 5) is 18.9. The standard InChI is InChI=1S/C28H23N5O3S/c1-19-26(27(34)33(31(19)2)22-11-7-4-8-12-22)30-28-32(23(17-37-28)21-9-5-3-6-10-21)29-16-20-13-14-24-25(15-20)36-18-35-24/h3-17H,18H2,1-2H3. The average Bonchev–Trinajstić information content (AvgIpc) is 3.62. The van der Waals surface area contributed by atoms with Crippen LogP contribution in [0.15, 0.2) is 99.1 Å². The molecular formula is C28H23N5O3S. The Bertz CT molecular complexity index is 1740. The van der Waals surface area contributed by atoms with Crippen LogP contribution in [-0.2, 0) is 7.05 Å². The third-order valence-corrected chi connectivity index (χ3v) is 7.02. The SMILES string of the molecule is Cc1c(N=c2scc(-c3ccccc3)n2N=Cc2ccc3c(c2)OCO3)c(=O)n(-c2ccccc2)n1C. The number of nitrogens with zero attached hydrogens (tertiary/aromatic N) is 5. The molecule has 0 N–H and O–H groups in total. The van der Waals surface area contributed by atoms with Crippen LogP contribution in [0.25, 0.3) is 16.9 Å². The van der Waals surface area contributed by atoms with E-state index in [-0.39, 0.29) is 12.4 Å². The van der Waals surface area contributed by atoms with Gasteiger partial charge < -0.3 is 9.47 Å². The molecule has 0 fully saturated rings. The zero-order valence-corrected chi connectivity index (χ0v) is 21.1. The Balaban J connectivity index is 1.50. The maximum absolute atomic E-state index is 13.5. The van der Waals surface area contributed by atoms with Crippen LogP contribution in [0.3, 0.4) is 0 Å². The van der Waals surface area contributed by atoms with Crippen molar-refractivity contribution in [1.29, 1.82) is 0 Å². The van der Waals surface area contributed by atoms with Gasteiger partial charge in [-0.2, -0.15) is 5.10 Å². The number of thiazole rings is 1. The topological polar surface area (TPSA) is 75.0 Å². The molecule has 0 saturated heterocycles. The lowest BCUT2D eigenvalue weighted by atomic mass is 10.2. The molecule has 0 amide bonds. The molecule has 5 aromatic rings. The average molecular weight is 510 g/mol. The summed E-state index contributed by atoms with van der Waals surface area (Å²) < 4.78 is 16.1. The van der Waals surface area contributed by atoms with Gasteiger partial charge in [-0.25, -0.2) is 14.4 Å². The first-order chi connectivity index (χ1) is 18.1. The molecule has 0 saturated carbocycles. The predicted octanol–water partition coefficient (Wildman–Crippen LogP) is 4.86. The minimum Gasteiger partial charge on any atom is -0.454 e. The first-order valence-electron chi connectivity index (χ1n) is 11.7. The molecule has 8 nitrogen and oxygen atoms in total. The number of fused-ring (bicyclic) bond motifs is 1.